The third kappa shape index (κ3) is 6.53. The van der Waals surface area contributed by atoms with Crippen molar-refractivity contribution in [2.75, 3.05) is 6.54 Å². The number of halogens is 2. The molecule has 0 atom stereocenters. The first-order valence-corrected chi connectivity index (χ1v) is 8.27. The lowest BCUT2D eigenvalue weighted by molar-refractivity contribution is -0.384. The lowest BCUT2D eigenvalue weighted by atomic mass is 10.2. The minimum Gasteiger partial charge on any atom is -0.434 e. The van der Waals surface area contributed by atoms with E-state index in [1.54, 1.807) is 30.3 Å². The molecule has 2 rings (SSSR count). The molecule has 0 fully saturated rings. The van der Waals surface area contributed by atoms with Gasteiger partial charge in [0.25, 0.3) is 5.69 Å². The lowest BCUT2D eigenvalue weighted by Crippen LogP contribution is -2.36. The summed E-state index contributed by atoms with van der Waals surface area (Å²) >= 11 is 0. The molecule has 0 aliphatic carbocycles. The SMILES string of the molecule is CCNC(=NCc1cccc([N+](=O)[O-])c1)NCc1ccccc1OC(F)F. The second-order valence-corrected chi connectivity index (χ2v) is 5.46. The van der Waals surface area contributed by atoms with Crippen LogP contribution < -0.4 is 15.4 Å². The van der Waals surface area contributed by atoms with Gasteiger partial charge in [0.15, 0.2) is 5.96 Å². The molecular weight excluding hydrogens is 358 g/mol. The van der Waals surface area contributed by atoms with Gasteiger partial charge in [-0.25, -0.2) is 4.99 Å². The molecular formula is C18H20F2N4O3. The highest BCUT2D eigenvalue weighted by molar-refractivity contribution is 5.79. The summed E-state index contributed by atoms with van der Waals surface area (Å²) in [6, 6.07) is 12.7. The number of nitrogens with zero attached hydrogens (tertiary/aromatic N) is 2. The molecule has 144 valence electrons. The van der Waals surface area contributed by atoms with Crippen molar-refractivity contribution in [2.45, 2.75) is 26.6 Å². The van der Waals surface area contributed by atoms with Crippen molar-refractivity contribution in [1.29, 1.82) is 0 Å². The van der Waals surface area contributed by atoms with E-state index in [1.165, 1.54) is 18.2 Å². The smallest absolute Gasteiger partial charge is 0.387 e. The molecule has 0 saturated carbocycles. The molecule has 0 unspecified atom stereocenters. The van der Waals surface area contributed by atoms with E-state index in [-0.39, 0.29) is 24.5 Å². The number of aliphatic imine (C=N–C) groups is 1. The van der Waals surface area contributed by atoms with Crippen LogP contribution in [0.3, 0.4) is 0 Å². The van der Waals surface area contributed by atoms with Gasteiger partial charge in [0.05, 0.1) is 11.5 Å². The predicted molar refractivity (Wildman–Crippen MR) is 97.8 cm³/mol. The van der Waals surface area contributed by atoms with Crippen molar-refractivity contribution in [3.63, 3.8) is 0 Å². The fraction of sp³-hybridized carbons (Fsp3) is 0.278. The third-order valence-electron chi connectivity index (χ3n) is 3.52. The number of rotatable bonds is 8. The summed E-state index contributed by atoms with van der Waals surface area (Å²) in [4.78, 5) is 14.8. The van der Waals surface area contributed by atoms with E-state index >= 15 is 0 Å². The molecule has 2 aromatic rings. The molecule has 0 saturated heterocycles. The zero-order chi connectivity index (χ0) is 19.6. The zero-order valence-corrected chi connectivity index (χ0v) is 14.7. The van der Waals surface area contributed by atoms with Crippen LogP contribution in [0, 0.1) is 10.1 Å². The van der Waals surface area contributed by atoms with Crippen LogP contribution in [-0.2, 0) is 13.1 Å². The molecule has 0 aliphatic rings. The van der Waals surface area contributed by atoms with Crippen molar-refractivity contribution >= 4 is 11.6 Å². The van der Waals surface area contributed by atoms with Crippen LogP contribution in [0.25, 0.3) is 0 Å². The number of nitro groups is 1. The fourth-order valence-corrected chi connectivity index (χ4v) is 2.32. The maximum atomic E-state index is 12.5. The highest BCUT2D eigenvalue weighted by Gasteiger charge is 2.10. The standard InChI is InChI=1S/C18H20F2N4O3/c1-2-21-18(22-11-13-6-5-8-15(10-13)24(25)26)23-12-14-7-3-4-9-16(14)27-17(19)20/h3-10,17H,2,11-12H2,1H3,(H2,21,22,23). The Morgan fingerprint density at radius 1 is 1.22 bits per heavy atom. The molecule has 0 amide bonds. The summed E-state index contributed by atoms with van der Waals surface area (Å²) < 4.78 is 29.5. The quantitative estimate of drug-likeness (QED) is 0.318. The van der Waals surface area contributed by atoms with Crippen molar-refractivity contribution in [1.82, 2.24) is 10.6 Å². The van der Waals surface area contributed by atoms with Crippen molar-refractivity contribution in [3.05, 3.63) is 69.8 Å². The Labute approximate surface area is 155 Å². The van der Waals surface area contributed by atoms with E-state index in [0.29, 0.717) is 23.6 Å². The summed E-state index contributed by atoms with van der Waals surface area (Å²) in [6.45, 7) is 0.0338. The topological polar surface area (TPSA) is 88.8 Å². The van der Waals surface area contributed by atoms with Gasteiger partial charge in [-0.3, -0.25) is 10.1 Å². The van der Waals surface area contributed by atoms with Crippen LogP contribution in [0.2, 0.25) is 0 Å². The van der Waals surface area contributed by atoms with Gasteiger partial charge in [-0.1, -0.05) is 30.3 Å². The van der Waals surface area contributed by atoms with Gasteiger partial charge in [-0.15, -0.1) is 0 Å². The van der Waals surface area contributed by atoms with Crippen molar-refractivity contribution in [3.8, 4) is 5.75 Å². The van der Waals surface area contributed by atoms with E-state index in [2.05, 4.69) is 20.4 Å². The maximum Gasteiger partial charge on any atom is 0.387 e. The second kappa shape index (κ2) is 10.0. The Balaban J connectivity index is 2.06. The number of benzene rings is 2. The number of hydrogen-bond donors (Lipinski definition) is 2. The van der Waals surface area contributed by atoms with Gasteiger partial charge in [-0.05, 0) is 18.6 Å². The minimum absolute atomic E-state index is 0.00117. The molecule has 2 aromatic carbocycles. The number of para-hydroxylation sites is 1. The van der Waals surface area contributed by atoms with Gasteiger partial charge in [-0.2, -0.15) is 8.78 Å². The van der Waals surface area contributed by atoms with Crippen molar-refractivity contribution in [2.24, 2.45) is 4.99 Å². The molecule has 2 N–H and O–H groups in total. The summed E-state index contributed by atoms with van der Waals surface area (Å²) in [7, 11) is 0. The molecule has 0 heterocycles. The third-order valence-corrected chi connectivity index (χ3v) is 3.52. The number of guanidine groups is 1. The number of alkyl halides is 2. The zero-order valence-electron chi connectivity index (χ0n) is 14.7. The highest BCUT2D eigenvalue weighted by Crippen LogP contribution is 2.20. The van der Waals surface area contributed by atoms with Gasteiger partial charge in [0.1, 0.15) is 5.75 Å². The van der Waals surface area contributed by atoms with E-state index in [9.17, 15) is 18.9 Å². The van der Waals surface area contributed by atoms with Gasteiger partial charge in [0, 0.05) is 30.8 Å². The Morgan fingerprint density at radius 3 is 2.70 bits per heavy atom. The van der Waals surface area contributed by atoms with Crippen LogP contribution >= 0.6 is 0 Å². The Bertz CT molecular complexity index is 800. The van der Waals surface area contributed by atoms with E-state index in [0.717, 1.165) is 0 Å². The largest absolute Gasteiger partial charge is 0.434 e. The molecule has 0 spiro atoms. The molecule has 0 aromatic heterocycles. The molecule has 7 nitrogen and oxygen atoms in total. The second-order valence-electron chi connectivity index (χ2n) is 5.46. The maximum absolute atomic E-state index is 12.5. The number of nitro benzene ring substituents is 1. The Kier molecular flexibility index (Phi) is 7.48. The molecule has 27 heavy (non-hydrogen) atoms. The van der Waals surface area contributed by atoms with E-state index in [4.69, 9.17) is 0 Å². The van der Waals surface area contributed by atoms with Crippen LogP contribution in [-0.4, -0.2) is 24.0 Å². The Hall–Kier alpha value is -3.23. The first-order valence-electron chi connectivity index (χ1n) is 8.27. The fourth-order valence-electron chi connectivity index (χ4n) is 2.32. The number of non-ortho nitro benzene ring substituents is 1. The molecule has 0 bridgehead atoms. The van der Waals surface area contributed by atoms with E-state index < -0.39 is 11.5 Å². The van der Waals surface area contributed by atoms with Crippen LogP contribution in [0.5, 0.6) is 5.75 Å². The monoisotopic (exact) mass is 378 g/mol. The predicted octanol–water partition coefficient (Wildman–Crippen LogP) is 3.45. The summed E-state index contributed by atoms with van der Waals surface area (Å²) in [5, 5.41) is 16.9. The van der Waals surface area contributed by atoms with E-state index in [1.807, 2.05) is 6.92 Å². The number of hydrogen-bond acceptors (Lipinski definition) is 4. The Morgan fingerprint density at radius 2 is 2.00 bits per heavy atom. The van der Waals surface area contributed by atoms with Crippen LogP contribution in [0.15, 0.2) is 53.5 Å². The normalized spacial score (nSPS) is 11.3. The first kappa shape index (κ1) is 20.1. The van der Waals surface area contributed by atoms with Gasteiger partial charge >= 0.3 is 6.61 Å². The minimum atomic E-state index is -2.90. The van der Waals surface area contributed by atoms with Gasteiger partial charge in [0.2, 0.25) is 0 Å². The molecule has 0 radical (unpaired) electrons. The number of nitrogens with one attached hydrogen (secondary N) is 2. The summed E-state index contributed by atoms with van der Waals surface area (Å²) in [5.41, 5.74) is 1.24. The highest BCUT2D eigenvalue weighted by atomic mass is 19.3. The number of ether oxygens (including phenoxy) is 1. The summed E-state index contributed by atoms with van der Waals surface area (Å²) in [6.07, 6.45) is 0. The molecule has 0 aliphatic heterocycles. The first-order chi connectivity index (χ1) is 13.0. The van der Waals surface area contributed by atoms with Crippen molar-refractivity contribution < 1.29 is 18.4 Å². The van der Waals surface area contributed by atoms with Gasteiger partial charge < -0.3 is 15.4 Å². The van der Waals surface area contributed by atoms with Crippen LogP contribution in [0.1, 0.15) is 18.1 Å². The van der Waals surface area contributed by atoms with Crippen LogP contribution in [0.4, 0.5) is 14.5 Å². The average molecular weight is 378 g/mol. The molecule has 9 heteroatoms. The lowest BCUT2D eigenvalue weighted by Gasteiger charge is -2.14. The summed E-state index contributed by atoms with van der Waals surface area (Å²) in [5.74, 6) is 0.547. The average Bonchev–Trinajstić information content (AvgIpc) is 2.65.